The molecule has 0 aliphatic heterocycles. The predicted molar refractivity (Wildman–Crippen MR) is 40.5 cm³/mol. The summed E-state index contributed by atoms with van der Waals surface area (Å²) in [5.74, 6) is 0. The second-order valence-electron chi connectivity index (χ2n) is 1.42. The molecule has 56 valence electrons. The normalized spacial score (nSPS) is 7.50. The summed E-state index contributed by atoms with van der Waals surface area (Å²) in [4.78, 5) is 4.83. The molecule has 0 fully saturated rings. The summed E-state index contributed by atoms with van der Waals surface area (Å²) in [5.41, 5.74) is 0. The van der Waals surface area contributed by atoms with Crippen molar-refractivity contribution in [1.29, 1.82) is 0 Å². The van der Waals surface area contributed by atoms with E-state index in [0.717, 1.165) is 0 Å². The molecule has 0 saturated carbocycles. The molecule has 1 heterocycles. The Labute approximate surface area is 62.0 Å². The molecule has 0 bridgehead atoms. The molecule has 1 aromatic rings. The van der Waals surface area contributed by atoms with E-state index in [0.29, 0.717) is 0 Å². The molecular weight excluding hydrogens is 126 g/mol. The van der Waals surface area contributed by atoms with Gasteiger partial charge < -0.3 is 0 Å². The van der Waals surface area contributed by atoms with E-state index in [2.05, 4.69) is 0 Å². The number of pyridine rings is 1. The van der Waals surface area contributed by atoms with Crippen LogP contribution in [-0.2, 0) is 0 Å². The maximum atomic E-state index is 4.83. The first kappa shape index (κ1) is 8.95. The summed E-state index contributed by atoms with van der Waals surface area (Å²) in [6.07, 6.45) is 3.67. The van der Waals surface area contributed by atoms with Gasteiger partial charge in [-0.1, -0.05) is 19.9 Å². The zero-order chi connectivity index (χ0) is 7.82. The summed E-state index contributed by atoms with van der Waals surface area (Å²) in [6, 6.07) is 5.75. The molecule has 0 aromatic carbocycles. The van der Waals surface area contributed by atoms with E-state index in [1.54, 1.807) is 11.8 Å². The van der Waals surface area contributed by atoms with E-state index < -0.39 is 0 Å². The van der Waals surface area contributed by atoms with Crippen molar-refractivity contribution in [3.8, 4) is 0 Å². The number of nitrogens with zero attached hydrogens (tertiary/aromatic N) is 1. The minimum atomic E-state index is 1.62. The second-order valence-corrected chi connectivity index (χ2v) is 1.42. The molecule has 1 aromatic heterocycles. The van der Waals surface area contributed by atoms with Crippen LogP contribution in [0.15, 0.2) is 30.6 Å². The zero-order valence-electron chi connectivity index (χ0n) is 6.74. The molecule has 0 unspecified atom stereocenters. The Morgan fingerprint density at radius 1 is 1.00 bits per heavy atom. The minimum absolute atomic E-state index is 1.62. The first-order valence-corrected chi connectivity index (χ1v) is 3.44. The van der Waals surface area contributed by atoms with Crippen LogP contribution in [0.4, 0.5) is 0 Å². The monoisotopic (exact) mass is 140 g/mol. The van der Waals surface area contributed by atoms with Crippen molar-refractivity contribution in [3.05, 3.63) is 30.6 Å². The Morgan fingerprint density at radius 2 is 1.50 bits per heavy atom. The van der Waals surface area contributed by atoms with Crippen LogP contribution in [0, 0.1) is 0 Å². The lowest BCUT2D eigenvalue weighted by Crippen LogP contribution is -2.38. The van der Waals surface area contributed by atoms with Gasteiger partial charge in [-0.25, -0.2) is 0 Å². The van der Waals surface area contributed by atoms with Crippen molar-refractivity contribution in [2.24, 2.45) is 0 Å². The minimum Gasteiger partial charge on any atom is -0.275 e. The van der Waals surface area contributed by atoms with E-state index in [4.69, 9.17) is 4.84 Å². The molecule has 1 rings (SSSR count). The third-order valence-electron chi connectivity index (χ3n) is 0.899. The molecule has 0 aliphatic carbocycles. The van der Waals surface area contributed by atoms with E-state index in [-0.39, 0.29) is 0 Å². The van der Waals surface area contributed by atoms with Crippen LogP contribution in [0.25, 0.3) is 0 Å². The lowest BCUT2D eigenvalue weighted by molar-refractivity contribution is -0.885. The van der Waals surface area contributed by atoms with Crippen LogP contribution in [0.5, 0.6) is 0 Å². The van der Waals surface area contributed by atoms with Gasteiger partial charge in [0.15, 0.2) is 0 Å². The molecule has 0 N–H and O–H groups in total. The largest absolute Gasteiger partial charge is 0.275 e. The van der Waals surface area contributed by atoms with Gasteiger partial charge in [-0.2, -0.15) is 0 Å². The highest BCUT2D eigenvalue weighted by molar-refractivity contribution is 4.83. The van der Waals surface area contributed by atoms with Crippen molar-refractivity contribution >= 4 is 0 Å². The maximum absolute atomic E-state index is 4.83. The molecule has 10 heavy (non-hydrogen) atoms. The average molecular weight is 140 g/mol. The van der Waals surface area contributed by atoms with Gasteiger partial charge >= 0.3 is 0 Å². The number of rotatable bonds is 1. The third-order valence-corrected chi connectivity index (χ3v) is 0.899. The predicted octanol–water partition coefficient (Wildman–Crippen LogP) is 1.06. The number of hydrogen-bond donors (Lipinski definition) is 0. The van der Waals surface area contributed by atoms with Gasteiger partial charge in [0.25, 0.3) is 0 Å². The quantitative estimate of drug-likeness (QED) is 0.532. The molecule has 0 spiro atoms. The average Bonchev–Trinajstić information content (AvgIpc) is 2.10. The van der Waals surface area contributed by atoms with Gasteiger partial charge in [-0.15, -0.1) is 0 Å². The molecule has 0 saturated heterocycles. The highest BCUT2D eigenvalue weighted by Crippen LogP contribution is 1.72. The SMILES string of the molecule is CC.CO[n+]1ccccc1. The van der Waals surface area contributed by atoms with Gasteiger partial charge in [-0.05, 0) is 0 Å². The first-order chi connectivity index (χ1) is 4.93. The number of hydrogen-bond acceptors (Lipinski definition) is 1. The molecule has 2 nitrogen and oxygen atoms in total. The van der Waals surface area contributed by atoms with Crippen LogP contribution >= 0.6 is 0 Å². The van der Waals surface area contributed by atoms with Gasteiger partial charge in [0.2, 0.25) is 12.4 Å². The van der Waals surface area contributed by atoms with Crippen molar-refractivity contribution in [2.45, 2.75) is 13.8 Å². The molecule has 0 atom stereocenters. The topological polar surface area (TPSA) is 13.1 Å². The Morgan fingerprint density at radius 3 is 1.80 bits per heavy atom. The van der Waals surface area contributed by atoms with E-state index in [1.807, 2.05) is 44.4 Å². The molecule has 2 heteroatoms. The van der Waals surface area contributed by atoms with Gasteiger partial charge in [0, 0.05) is 16.9 Å². The summed E-state index contributed by atoms with van der Waals surface area (Å²) in [6.45, 7) is 4.00. The lowest BCUT2D eigenvalue weighted by atomic mass is 10.5. The molecule has 0 amide bonds. The summed E-state index contributed by atoms with van der Waals surface area (Å²) in [7, 11) is 1.62. The maximum Gasteiger partial charge on any atom is 0.222 e. The van der Waals surface area contributed by atoms with Gasteiger partial charge in [0.1, 0.15) is 7.11 Å². The zero-order valence-corrected chi connectivity index (χ0v) is 6.74. The van der Waals surface area contributed by atoms with Crippen LogP contribution in [0.1, 0.15) is 13.8 Å². The van der Waals surface area contributed by atoms with Gasteiger partial charge in [-0.3, -0.25) is 4.84 Å². The molecule has 0 aliphatic rings. The van der Waals surface area contributed by atoms with Crippen molar-refractivity contribution < 1.29 is 9.57 Å². The summed E-state index contributed by atoms with van der Waals surface area (Å²) in [5, 5.41) is 0. The van der Waals surface area contributed by atoms with Crippen LogP contribution < -0.4 is 9.57 Å². The number of aromatic nitrogens is 1. The fourth-order valence-corrected chi connectivity index (χ4v) is 0.505. The van der Waals surface area contributed by atoms with E-state index >= 15 is 0 Å². The van der Waals surface area contributed by atoms with E-state index in [9.17, 15) is 0 Å². The molecular formula is C8H14NO+. The first-order valence-electron chi connectivity index (χ1n) is 3.44. The smallest absolute Gasteiger partial charge is 0.222 e. The Balaban J connectivity index is 0.000000371. The van der Waals surface area contributed by atoms with Gasteiger partial charge in [0.05, 0.1) is 0 Å². The van der Waals surface area contributed by atoms with E-state index in [1.165, 1.54) is 0 Å². The van der Waals surface area contributed by atoms with Crippen molar-refractivity contribution in [2.75, 3.05) is 7.11 Å². The molecule has 0 radical (unpaired) electrons. The van der Waals surface area contributed by atoms with Crippen LogP contribution in [-0.4, -0.2) is 7.11 Å². The Bertz CT molecular complexity index is 151. The standard InChI is InChI=1S/C6H8NO.C2H6/c1-8-7-5-3-2-4-6-7;1-2/h2-6H,1H3;1-2H3/q+1;. The Hall–Kier alpha value is -1.05. The third kappa shape index (κ3) is 3.07. The highest BCUT2D eigenvalue weighted by Gasteiger charge is 1.88. The highest BCUT2D eigenvalue weighted by atomic mass is 16.6. The summed E-state index contributed by atoms with van der Waals surface area (Å²) < 4.78 is 1.62. The van der Waals surface area contributed by atoms with Crippen LogP contribution in [0.3, 0.4) is 0 Å². The van der Waals surface area contributed by atoms with Crippen molar-refractivity contribution in [3.63, 3.8) is 0 Å². The van der Waals surface area contributed by atoms with Crippen molar-refractivity contribution in [1.82, 2.24) is 0 Å². The lowest BCUT2D eigenvalue weighted by Gasteiger charge is -1.84. The fraction of sp³-hybridized carbons (Fsp3) is 0.375. The van der Waals surface area contributed by atoms with Crippen LogP contribution in [0.2, 0.25) is 0 Å². The summed E-state index contributed by atoms with van der Waals surface area (Å²) >= 11 is 0. The Kier molecular flexibility index (Phi) is 5.44. The second kappa shape index (κ2) is 6.08. The fourth-order valence-electron chi connectivity index (χ4n) is 0.505.